The van der Waals surface area contributed by atoms with Crippen LogP contribution in [0.4, 0.5) is 11.5 Å². The number of hydrogen-bond donors (Lipinski definition) is 1. The maximum atomic E-state index is 10.9. The summed E-state index contributed by atoms with van der Waals surface area (Å²) in [5.74, 6) is 0.840. The minimum atomic E-state index is -0.220. The summed E-state index contributed by atoms with van der Waals surface area (Å²) in [5.41, 5.74) is 5.57. The number of nitrogens with one attached hydrogen (secondary N) is 1. The van der Waals surface area contributed by atoms with E-state index < -0.39 is 0 Å². The second-order valence-electron chi connectivity index (χ2n) is 6.32. The van der Waals surface area contributed by atoms with Crippen molar-refractivity contribution in [3.8, 4) is 11.3 Å². The van der Waals surface area contributed by atoms with E-state index >= 15 is 0 Å². The van der Waals surface area contributed by atoms with Crippen LogP contribution in [0.15, 0.2) is 65.0 Å². The van der Waals surface area contributed by atoms with E-state index in [0.29, 0.717) is 0 Å². The Labute approximate surface area is 148 Å². The summed E-state index contributed by atoms with van der Waals surface area (Å²) in [4.78, 5) is 19.8. The number of anilines is 2. The van der Waals surface area contributed by atoms with Crippen LogP contribution < -0.4 is 5.32 Å². The number of nitrogens with zero attached hydrogens (tertiary/aromatic N) is 4. The third-order valence-electron chi connectivity index (χ3n) is 4.80. The molecule has 7 heteroatoms. The zero-order chi connectivity index (χ0) is 17.5. The maximum absolute atomic E-state index is 10.9. The van der Waals surface area contributed by atoms with E-state index in [1.54, 1.807) is 24.9 Å². The number of hydrogen-bond acceptors (Lipinski definition) is 6. The third-order valence-corrected chi connectivity index (χ3v) is 4.80. The first-order valence-electron chi connectivity index (χ1n) is 8.40. The van der Waals surface area contributed by atoms with Crippen LogP contribution in [0.5, 0.6) is 0 Å². The molecule has 0 aliphatic heterocycles. The second kappa shape index (κ2) is 5.80. The molecule has 0 fully saturated rings. The summed E-state index contributed by atoms with van der Waals surface area (Å²) in [6.45, 7) is 0. The molecule has 26 heavy (non-hydrogen) atoms. The van der Waals surface area contributed by atoms with Crippen molar-refractivity contribution in [3.05, 3.63) is 71.4 Å². The van der Waals surface area contributed by atoms with Crippen molar-refractivity contribution in [1.29, 1.82) is 0 Å². The lowest BCUT2D eigenvalue weighted by molar-refractivity contribution is 0.568. The van der Waals surface area contributed by atoms with Gasteiger partial charge in [-0.2, -0.15) is 4.91 Å². The second-order valence-corrected chi connectivity index (χ2v) is 6.32. The van der Waals surface area contributed by atoms with E-state index in [1.807, 2.05) is 28.8 Å². The Kier molecular flexibility index (Phi) is 3.31. The highest BCUT2D eigenvalue weighted by molar-refractivity contribution is 5.79. The predicted octanol–water partition coefficient (Wildman–Crippen LogP) is 4.49. The van der Waals surface area contributed by atoms with E-state index in [-0.39, 0.29) is 6.04 Å². The lowest BCUT2D eigenvalue weighted by Crippen LogP contribution is -1.98. The minimum Gasteiger partial charge on any atom is -0.472 e. The number of benzene rings is 1. The maximum Gasteiger partial charge on any atom is 0.157 e. The van der Waals surface area contributed by atoms with Crippen LogP contribution in [0.2, 0.25) is 0 Å². The van der Waals surface area contributed by atoms with Gasteiger partial charge in [0.05, 0.1) is 18.7 Å². The van der Waals surface area contributed by atoms with Gasteiger partial charge in [0.25, 0.3) is 0 Å². The molecule has 1 N–H and O–H groups in total. The number of furan rings is 1. The Bertz CT molecular complexity index is 1100. The van der Waals surface area contributed by atoms with Gasteiger partial charge in [-0.25, -0.2) is 4.98 Å². The van der Waals surface area contributed by atoms with Crippen molar-refractivity contribution in [1.82, 2.24) is 14.4 Å². The lowest BCUT2D eigenvalue weighted by atomic mass is 10.1. The van der Waals surface area contributed by atoms with E-state index in [9.17, 15) is 4.91 Å². The van der Waals surface area contributed by atoms with Crippen molar-refractivity contribution >= 4 is 17.2 Å². The highest BCUT2D eigenvalue weighted by Gasteiger charge is 2.23. The monoisotopic (exact) mass is 345 g/mol. The Hall–Kier alpha value is -3.48. The summed E-state index contributed by atoms with van der Waals surface area (Å²) in [6, 6.07) is 7.70. The molecular formula is C19H15N5O2. The molecule has 0 saturated carbocycles. The molecule has 3 aromatic heterocycles. The van der Waals surface area contributed by atoms with Crippen LogP contribution in [-0.4, -0.2) is 14.4 Å². The Balaban J connectivity index is 1.60. The molecule has 5 rings (SSSR count). The van der Waals surface area contributed by atoms with Crippen molar-refractivity contribution < 1.29 is 4.42 Å². The number of aromatic nitrogens is 3. The smallest absolute Gasteiger partial charge is 0.157 e. The molecule has 4 aromatic rings. The standard InChI is InChI=1S/C19H15N5O2/c25-23-16-4-1-12-9-14(2-3-15(12)16)21-19-18(13-5-8-26-11-13)22-17-10-20-6-7-24(17)19/h2-3,5-11,16,21H,1,4H2. The highest BCUT2D eigenvalue weighted by atomic mass is 16.3. The SMILES string of the molecule is O=NC1CCc2cc(Nc3c(-c4ccoc4)nc4cnccn34)ccc21. The average Bonchev–Trinajstić information content (AvgIpc) is 3.40. The zero-order valence-corrected chi connectivity index (χ0v) is 13.8. The zero-order valence-electron chi connectivity index (χ0n) is 13.8. The Morgan fingerprint density at radius 3 is 3.12 bits per heavy atom. The Morgan fingerprint density at radius 2 is 2.27 bits per heavy atom. The summed E-state index contributed by atoms with van der Waals surface area (Å²) >= 11 is 0. The van der Waals surface area contributed by atoms with Gasteiger partial charge in [0.2, 0.25) is 0 Å². The van der Waals surface area contributed by atoms with Gasteiger partial charge in [0, 0.05) is 23.6 Å². The first-order valence-corrected chi connectivity index (χ1v) is 8.40. The summed E-state index contributed by atoms with van der Waals surface area (Å²) in [6.07, 6.45) is 10.3. The number of nitroso groups, excluding NO2 is 1. The van der Waals surface area contributed by atoms with E-state index in [0.717, 1.165) is 46.8 Å². The lowest BCUT2D eigenvalue weighted by Gasteiger charge is -2.10. The molecule has 128 valence electrons. The van der Waals surface area contributed by atoms with Crippen LogP contribution in [0.1, 0.15) is 23.6 Å². The highest BCUT2D eigenvalue weighted by Crippen LogP contribution is 2.37. The largest absolute Gasteiger partial charge is 0.472 e. The van der Waals surface area contributed by atoms with E-state index in [4.69, 9.17) is 4.42 Å². The normalized spacial score (nSPS) is 15.9. The quantitative estimate of drug-likeness (QED) is 0.551. The fourth-order valence-electron chi connectivity index (χ4n) is 3.55. The van der Waals surface area contributed by atoms with E-state index in [1.165, 1.54) is 5.56 Å². The molecule has 1 unspecified atom stereocenters. The van der Waals surface area contributed by atoms with E-state index in [2.05, 4.69) is 26.5 Å². The average molecular weight is 345 g/mol. The molecule has 0 radical (unpaired) electrons. The topological polar surface area (TPSA) is 84.8 Å². The van der Waals surface area contributed by atoms with Crippen molar-refractivity contribution in [2.24, 2.45) is 5.18 Å². The molecular weight excluding hydrogens is 330 g/mol. The number of fused-ring (bicyclic) bond motifs is 2. The summed E-state index contributed by atoms with van der Waals surface area (Å²) < 4.78 is 7.18. The van der Waals surface area contributed by atoms with Crippen molar-refractivity contribution in [2.75, 3.05) is 5.32 Å². The fourth-order valence-corrected chi connectivity index (χ4v) is 3.55. The molecule has 3 heterocycles. The number of imidazole rings is 1. The van der Waals surface area contributed by atoms with Crippen LogP contribution >= 0.6 is 0 Å². The van der Waals surface area contributed by atoms with Gasteiger partial charge in [0.15, 0.2) is 5.65 Å². The molecule has 0 saturated heterocycles. The molecule has 0 bridgehead atoms. The molecule has 1 aliphatic rings. The van der Waals surface area contributed by atoms with Gasteiger partial charge in [-0.15, -0.1) is 0 Å². The van der Waals surface area contributed by atoms with Crippen LogP contribution in [0.25, 0.3) is 16.9 Å². The first-order chi connectivity index (χ1) is 12.8. The molecule has 1 atom stereocenters. The van der Waals surface area contributed by atoms with Crippen LogP contribution in [0.3, 0.4) is 0 Å². The Morgan fingerprint density at radius 1 is 1.31 bits per heavy atom. The number of rotatable bonds is 4. The minimum absolute atomic E-state index is 0.220. The molecule has 7 nitrogen and oxygen atoms in total. The van der Waals surface area contributed by atoms with Gasteiger partial charge < -0.3 is 9.73 Å². The summed E-state index contributed by atoms with van der Waals surface area (Å²) in [7, 11) is 0. The first kappa shape index (κ1) is 14.8. The van der Waals surface area contributed by atoms with Gasteiger partial charge in [-0.05, 0) is 42.2 Å². The van der Waals surface area contributed by atoms with Crippen LogP contribution in [-0.2, 0) is 6.42 Å². The van der Waals surface area contributed by atoms with Crippen LogP contribution in [0, 0.1) is 4.91 Å². The van der Waals surface area contributed by atoms with Crippen molar-refractivity contribution in [2.45, 2.75) is 18.9 Å². The molecule has 0 spiro atoms. The third kappa shape index (κ3) is 2.28. The van der Waals surface area contributed by atoms with Gasteiger partial charge in [-0.3, -0.25) is 9.38 Å². The van der Waals surface area contributed by atoms with Gasteiger partial charge in [-0.1, -0.05) is 11.2 Å². The van der Waals surface area contributed by atoms with Gasteiger partial charge >= 0.3 is 0 Å². The number of aryl methyl sites for hydroxylation is 1. The molecule has 1 aromatic carbocycles. The van der Waals surface area contributed by atoms with Gasteiger partial charge in [0.1, 0.15) is 17.6 Å². The predicted molar refractivity (Wildman–Crippen MR) is 97.3 cm³/mol. The fraction of sp³-hybridized carbons (Fsp3) is 0.158. The van der Waals surface area contributed by atoms with Crippen molar-refractivity contribution in [3.63, 3.8) is 0 Å². The molecule has 0 amide bonds. The molecule has 1 aliphatic carbocycles. The summed E-state index contributed by atoms with van der Waals surface area (Å²) in [5, 5.41) is 6.69.